The maximum Gasteiger partial charge on any atom is 0.263 e. The zero-order chi connectivity index (χ0) is 19.2. The third kappa shape index (κ3) is 4.73. The van der Waals surface area contributed by atoms with Crippen LogP contribution in [0.25, 0.3) is 0 Å². The molecule has 0 fully saturated rings. The van der Waals surface area contributed by atoms with E-state index >= 15 is 0 Å². The van der Waals surface area contributed by atoms with Crippen molar-refractivity contribution in [2.45, 2.75) is 31.7 Å². The highest BCUT2D eigenvalue weighted by Crippen LogP contribution is 2.26. The maximum absolute atomic E-state index is 11.8. The molecule has 0 aromatic heterocycles. The van der Waals surface area contributed by atoms with Crippen molar-refractivity contribution >= 4 is 5.91 Å². The summed E-state index contributed by atoms with van der Waals surface area (Å²) in [5.41, 5.74) is 5.37. The number of hydroxylamine groups is 1. The molecule has 0 saturated carbocycles. The summed E-state index contributed by atoms with van der Waals surface area (Å²) in [7, 11) is 0. The molecule has 0 aliphatic carbocycles. The number of ether oxygens (including phenoxy) is 1. The highest BCUT2D eigenvalue weighted by atomic mass is 16.5. The van der Waals surface area contributed by atoms with E-state index in [1.807, 2.05) is 48.5 Å². The molecule has 0 spiro atoms. The molecular weight excluding hydrogens is 344 g/mol. The van der Waals surface area contributed by atoms with Gasteiger partial charge in [0.25, 0.3) is 5.91 Å². The molecule has 140 valence electrons. The van der Waals surface area contributed by atoms with Crippen LogP contribution in [0, 0.1) is 11.8 Å². The quantitative estimate of drug-likeness (QED) is 0.374. The van der Waals surface area contributed by atoms with E-state index in [2.05, 4.69) is 17.2 Å². The summed E-state index contributed by atoms with van der Waals surface area (Å²) in [6.07, 6.45) is -0.974. The SMILES string of the molecule is C[C@@H](O)[C@H](NC1COCc2cc(C#Cc3ccccc3)ccc21)C(=O)NO. The minimum absolute atomic E-state index is 0.276. The van der Waals surface area contributed by atoms with E-state index in [-0.39, 0.29) is 6.04 Å². The Morgan fingerprint density at radius 2 is 1.93 bits per heavy atom. The molecule has 6 heteroatoms. The van der Waals surface area contributed by atoms with Gasteiger partial charge in [0.05, 0.1) is 25.4 Å². The van der Waals surface area contributed by atoms with Crippen LogP contribution < -0.4 is 10.8 Å². The van der Waals surface area contributed by atoms with E-state index in [0.29, 0.717) is 13.2 Å². The van der Waals surface area contributed by atoms with Crippen LogP contribution in [0.5, 0.6) is 0 Å². The van der Waals surface area contributed by atoms with Crippen LogP contribution in [0.3, 0.4) is 0 Å². The van der Waals surface area contributed by atoms with E-state index < -0.39 is 18.1 Å². The van der Waals surface area contributed by atoms with E-state index in [0.717, 1.165) is 22.3 Å². The molecular formula is C21H22N2O4. The van der Waals surface area contributed by atoms with Crippen molar-refractivity contribution < 1.29 is 19.8 Å². The number of nitrogens with one attached hydrogen (secondary N) is 2. The Hall–Kier alpha value is -2.69. The van der Waals surface area contributed by atoms with Gasteiger partial charge in [0.2, 0.25) is 0 Å². The van der Waals surface area contributed by atoms with Gasteiger partial charge < -0.3 is 9.84 Å². The Bertz CT molecular complexity index is 855. The summed E-state index contributed by atoms with van der Waals surface area (Å²) in [4.78, 5) is 11.8. The minimum atomic E-state index is -0.974. The predicted molar refractivity (Wildman–Crippen MR) is 99.8 cm³/mol. The number of rotatable bonds is 4. The van der Waals surface area contributed by atoms with E-state index in [1.54, 1.807) is 5.48 Å². The Morgan fingerprint density at radius 1 is 1.19 bits per heavy atom. The first-order valence-corrected chi connectivity index (χ1v) is 8.74. The Balaban J connectivity index is 1.80. The number of benzene rings is 2. The van der Waals surface area contributed by atoms with Crippen LogP contribution in [-0.2, 0) is 16.1 Å². The van der Waals surface area contributed by atoms with E-state index in [9.17, 15) is 9.90 Å². The number of aliphatic hydroxyl groups excluding tert-OH is 1. The summed E-state index contributed by atoms with van der Waals surface area (Å²) in [5, 5.41) is 21.7. The van der Waals surface area contributed by atoms with Gasteiger partial charge in [-0.2, -0.15) is 0 Å². The van der Waals surface area contributed by atoms with Crippen LogP contribution in [0.15, 0.2) is 48.5 Å². The number of amides is 1. The molecule has 4 N–H and O–H groups in total. The molecule has 0 radical (unpaired) electrons. The number of carbonyl (C=O) groups excluding carboxylic acids is 1. The van der Waals surface area contributed by atoms with Gasteiger partial charge in [-0.1, -0.05) is 36.1 Å². The lowest BCUT2D eigenvalue weighted by Crippen LogP contribution is -2.52. The predicted octanol–water partition coefficient (Wildman–Crippen LogP) is 1.50. The molecule has 0 saturated heterocycles. The van der Waals surface area contributed by atoms with Gasteiger partial charge in [0, 0.05) is 11.1 Å². The van der Waals surface area contributed by atoms with Crippen molar-refractivity contribution in [2.24, 2.45) is 0 Å². The van der Waals surface area contributed by atoms with Gasteiger partial charge in [0.15, 0.2) is 0 Å². The Kier molecular flexibility index (Phi) is 6.22. The van der Waals surface area contributed by atoms with Gasteiger partial charge in [-0.15, -0.1) is 0 Å². The lowest BCUT2D eigenvalue weighted by molar-refractivity contribution is -0.134. The molecule has 1 amide bonds. The van der Waals surface area contributed by atoms with Gasteiger partial charge in [0.1, 0.15) is 6.04 Å². The number of fused-ring (bicyclic) bond motifs is 1. The second kappa shape index (κ2) is 8.80. The Labute approximate surface area is 158 Å². The summed E-state index contributed by atoms with van der Waals surface area (Å²) < 4.78 is 5.63. The third-order valence-corrected chi connectivity index (χ3v) is 4.44. The van der Waals surface area contributed by atoms with Gasteiger partial charge in [-0.25, -0.2) is 5.48 Å². The smallest absolute Gasteiger partial charge is 0.263 e. The van der Waals surface area contributed by atoms with Crippen LogP contribution in [0.1, 0.15) is 35.2 Å². The summed E-state index contributed by atoms with van der Waals surface area (Å²) in [6, 6.07) is 14.4. The molecule has 1 heterocycles. The summed E-state index contributed by atoms with van der Waals surface area (Å²) in [6.45, 7) is 2.31. The normalized spacial score (nSPS) is 17.8. The van der Waals surface area contributed by atoms with Crippen molar-refractivity contribution in [2.75, 3.05) is 6.61 Å². The third-order valence-electron chi connectivity index (χ3n) is 4.44. The first-order valence-electron chi connectivity index (χ1n) is 8.74. The lowest BCUT2D eigenvalue weighted by atomic mass is 9.95. The molecule has 6 nitrogen and oxygen atoms in total. The first-order chi connectivity index (χ1) is 13.1. The largest absolute Gasteiger partial charge is 0.391 e. The fraction of sp³-hybridized carbons (Fsp3) is 0.286. The molecule has 3 atom stereocenters. The fourth-order valence-corrected chi connectivity index (χ4v) is 3.05. The topological polar surface area (TPSA) is 90.8 Å². The summed E-state index contributed by atoms with van der Waals surface area (Å²) in [5.74, 6) is 5.59. The van der Waals surface area contributed by atoms with Crippen LogP contribution in [0.2, 0.25) is 0 Å². The lowest BCUT2D eigenvalue weighted by Gasteiger charge is -2.31. The highest BCUT2D eigenvalue weighted by molar-refractivity contribution is 5.81. The molecule has 0 bridgehead atoms. The molecule has 2 aromatic carbocycles. The van der Waals surface area contributed by atoms with Crippen LogP contribution >= 0.6 is 0 Å². The molecule has 3 rings (SSSR count). The van der Waals surface area contributed by atoms with Gasteiger partial charge in [-0.3, -0.25) is 15.3 Å². The molecule has 1 unspecified atom stereocenters. The van der Waals surface area contributed by atoms with Gasteiger partial charge >= 0.3 is 0 Å². The van der Waals surface area contributed by atoms with Crippen molar-refractivity contribution in [1.82, 2.24) is 10.8 Å². The van der Waals surface area contributed by atoms with Crippen LogP contribution in [-0.4, -0.2) is 35.0 Å². The second-order valence-corrected chi connectivity index (χ2v) is 6.46. The molecule has 1 aliphatic rings. The highest BCUT2D eigenvalue weighted by Gasteiger charge is 2.29. The Morgan fingerprint density at radius 3 is 2.63 bits per heavy atom. The summed E-state index contributed by atoms with van der Waals surface area (Å²) >= 11 is 0. The van der Waals surface area contributed by atoms with Crippen LogP contribution in [0.4, 0.5) is 0 Å². The van der Waals surface area contributed by atoms with Crippen molar-refractivity contribution in [3.05, 3.63) is 70.8 Å². The van der Waals surface area contributed by atoms with E-state index in [4.69, 9.17) is 9.94 Å². The maximum atomic E-state index is 11.8. The molecule has 27 heavy (non-hydrogen) atoms. The van der Waals surface area contributed by atoms with Crippen molar-refractivity contribution in [3.8, 4) is 11.8 Å². The number of aliphatic hydroxyl groups is 1. The number of carbonyl (C=O) groups is 1. The minimum Gasteiger partial charge on any atom is -0.391 e. The van der Waals surface area contributed by atoms with Gasteiger partial charge in [-0.05, 0) is 42.3 Å². The standard InChI is InChI=1S/C21H22N2O4/c1-14(24)20(21(25)23-26)22-19-13-27-12-17-11-16(9-10-18(17)19)8-7-15-5-3-2-4-6-15/h2-6,9-11,14,19-20,22,24,26H,12-13H2,1H3,(H,23,25)/t14-,19?,20+/m1/s1. The zero-order valence-corrected chi connectivity index (χ0v) is 15.0. The number of hydrogen-bond acceptors (Lipinski definition) is 5. The fourth-order valence-electron chi connectivity index (χ4n) is 3.05. The molecule has 1 aliphatic heterocycles. The van der Waals surface area contributed by atoms with Crippen molar-refractivity contribution in [1.29, 1.82) is 0 Å². The first kappa shape index (κ1) is 19.1. The monoisotopic (exact) mass is 366 g/mol. The van der Waals surface area contributed by atoms with E-state index in [1.165, 1.54) is 6.92 Å². The van der Waals surface area contributed by atoms with Crippen molar-refractivity contribution in [3.63, 3.8) is 0 Å². The zero-order valence-electron chi connectivity index (χ0n) is 15.0. The average molecular weight is 366 g/mol. The number of hydrogen-bond donors (Lipinski definition) is 4. The molecule has 2 aromatic rings. The average Bonchev–Trinajstić information content (AvgIpc) is 2.70. The second-order valence-electron chi connectivity index (χ2n) is 6.46.